The Bertz CT molecular complexity index is 593. The average Bonchev–Trinajstić information content (AvgIpc) is 2.49. The zero-order chi connectivity index (χ0) is 15.2. The second-order valence-electron chi connectivity index (χ2n) is 5.02. The van der Waals surface area contributed by atoms with Crippen molar-refractivity contribution >= 4 is 40.3 Å². The predicted octanol–water partition coefficient (Wildman–Crippen LogP) is 5.66. The van der Waals surface area contributed by atoms with Crippen molar-refractivity contribution < 1.29 is 0 Å². The summed E-state index contributed by atoms with van der Waals surface area (Å²) in [5, 5.41) is 7.58. The first-order valence-electron chi connectivity index (χ1n) is 7.02. The molecule has 1 atom stereocenters. The molecule has 0 saturated carbocycles. The van der Waals surface area contributed by atoms with Crippen molar-refractivity contribution in [1.82, 2.24) is 0 Å². The minimum absolute atomic E-state index is 0.564. The third-order valence-corrected chi connectivity index (χ3v) is 3.91. The van der Waals surface area contributed by atoms with E-state index >= 15 is 0 Å². The van der Waals surface area contributed by atoms with Crippen molar-refractivity contribution in [1.29, 1.82) is 0 Å². The molecular formula is C17H19ClN2S. The zero-order valence-electron chi connectivity index (χ0n) is 12.2. The Morgan fingerprint density at radius 1 is 1.00 bits per heavy atom. The van der Waals surface area contributed by atoms with Crippen LogP contribution in [0.4, 0.5) is 11.4 Å². The van der Waals surface area contributed by atoms with E-state index in [1.807, 2.05) is 24.3 Å². The van der Waals surface area contributed by atoms with Crippen LogP contribution in [0.3, 0.4) is 0 Å². The summed E-state index contributed by atoms with van der Waals surface area (Å²) in [4.78, 5) is 0. The fourth-order valence-corrected chi connectivity index (χ4v) is 2.32. The van der Waals surface area contributed by atoms with E-state index in [0.29, 0.717) is 16.1 Å². The highest BCUT2D eigenvalue weighted by molar-refractivity contribution is 7.80. The Kier molecular flexibility index (Phi) is 5.59. The van der Waals surface area contributed by atoms with Crippen molar-refractivity contribution in [3.05, 3.63) is 59.1 Å². The van der Waals surface area contributed by atoms with Gasteiger partial charge in [0.15, 0.2) is 5.11 Å². The van der Waals surface area contributed by atoms with Crippen molar-refractivity contribution in [3.8, 4) is 0 Å². The molecule has 2 N–H and O–H groups in total. The van der Waals surface area contributed by atoms with Gasteiger partial charge in [-0.25, -0.2) is 0 Å². The number of anilines is 2. The Morgan fingerprint density at radius 3 is 1.95 bits per heavy atom. The monoisotopic (exact) mass is 318 g/mol. The molecule has 0 saturated heterocycles. The lowest BCUT2D eigenvalue weighted by Gasteiger charge is -2.13. The molecule has 0 amide bonds. The molecule has 2 rings (SSSR count). The topological polar surface area (TPSA) is 24.1 Å². The minimum atomic E-state index is 0.564. The number of benzene rings is 2. The molecular weight excluding hydrogens is 300 g/mol. The molecule has 0 aliphatic heterocycles. The second kappa shape index (κ2) is 7.43. The normalized spacial score (nSPS) is 11.8. The maximum atomic E-state index is 5.85. The Morgan fingerprint density at radius 2 is 1.48 bits per heavy atom. The zero-order valence-corrected chi connectivity index (χ0v) is 13.8. The molecule has 0 fully saturated rings. The van der Waals surface area contributed by atoms with Gasteiger partial charge < -0.3 is 10.6 Å². The first-order valence-corrected chi connectivity index (χ1v) is 7.80. The van der Waals surface area contributed by atoms with Crippen molar-refractivity contribution in [2.45, 2.75) is 26.2 Å². The van der Waals surface area contributed by atoms with Gasteiger partial charge in [-0.05, 0) is 66.5 Å². The first kappa shape index (κ1) is 15.8. The SMILES string of the molecule is CC[C@H](C)c1ccc(NC(=S)Nc2ccc(Cl)cc2)cc1. The maximum absolute atomic E-state index is 5.85. The molecule has 0 unspecified atom stereocenters. The van der Waals surface area contributed by atoms with Gasteiger partial charge in [-0.3, -0.25) is 0 Å². The van der Waals surface area contributed by atoms with Crippen LogP contribution in [0, 0.1) is 0 Å². The summed E-state index contributed by atoms with van der Waals surface area (Å²) in [7, 11) is 0. The van der Waals surface area contributed by atoms with Crippen LogP contribution in [-0.4, -0.2) is 5.11 Å². The van der Waals surface area contributed by atoms with E-state index in [2.05, 4.69) is 48.7 Å². The largest absolute Gasteiger partial charge is 0.332 e. The summed E-state index contributed by atoms with van der Waals surface area (Å²) in [5.41, 5.74) is 3.24. The lowest BCUT2D eigenvalue weighted by Crippen LogP contribution is -2.18. The van der Waals surface area contributed by atoms with Crippen molar-refractivity contribution in [2.75, 3.05) is 10.6 Å². The van der Waals surface area contributed by atoms with E-state index in [1.165, 1.54) is 5.56 Å². The fraction of sp³-hybridized carbons (Fsp3) is 0.235. The number of halogens is 1. The molecule has 2 nitrogen and oxygen atoms in total. The highest BCUT2D eigenvalue weighted by Gasteiger charge is 2.03. The molecule has 2 aromatic carbocycles. The van der Waals surface area contributed by atoms with Gasteiger partial charge in [0.25, 0.3) is 0 Å². The van der Waals surface area contributed by atoms with E-state index < -0.39 is 0 Å². The number of thiocarbonyl (C=S) groups is 1. The molecule has 0 bridgehead atoms. The van der Waals surface area contributed by atoms with Crippen LogP contribution in [-0.2, 0) is 0 Å². The van der Waals surface area contributed by atoms with Gasteiger partial charge in [0, 0.05) is 16.4 Å². The maximum Gasteiger partial charge on any atom is 0.175 e. The van der Waals surface area contributed by atoms with Gasteiger partial charge in [0.2, 0.25) is 0 Å². The smallest absolute Gasteiger partial charge is 0.175 e. The summed E-state index contributed by atoms with van der Waals surface area (Å²) in [6, 6.07) is 15.8. The number of nitrogens with one attached hydrogen (secondary N) is 2. The number of hydrogen-bond donors (Lipinski definition) is 2. The molecule has 2 aromatic rings. The predicted molar refractivity (Wildman–Crippen MR) is 96.4 cm³/mol. The van der Waals surface area contributed by atoms with Crippen LogP contribution in [0.2, 0.25) is 5.02 Å². The molecule has 0 aromatic heterocycles. The van der Waals surface area contributed by atoms with Gasteiger partial charge in [-0.2, -0.15) is 0 Å². The van der Waals surface area contributed by atoms with Gasteiger partial charge in [-0.15, -0.1) is 0 Å². The average molecular weight is 319 g/mol. The molecule has 0 radical (unpaired) electrons. The van der Waals surface area contributed by atoms with E-state index in [0.717, 1.165) is 17.8 Å². The molecule has 0 heterocycles. The highest BCUT2D eigenvalue weighted by atomic mass is 35.5. The van der Waals surface area contributed by atoms with Crippen LogP contribution < -0.4 is 10.6 Å². The molecule has 0 spiro atoms. The summed E-state index contributed by atoms with van der Waals surface area (Å²) >= 11 is 11.2. The Hall–Kier alpha value is -1.58. The van der Waals surface area contributed by atoms with Gasteiger partial charge >= 0.3 is 0 Å². The summed E-state index contributed by atoms with van der Waals surface area (Å²) in [6.07, 6.45) is 1.14. The first-order chi connectivity index (χ1) is 10.1. The second-order valence-corrected chi connectivity index (χ2v) is 5.86. The van der Waals surface area contributed by atoms with Crippen LogP contribution >= 0.6 is 23.8 Å². The van der Waals surface area contributed by atoms with E-state index in [-0.39, 0.29) is 0 Å². The third kappa shape index (κ3) is 4.73. The van der Waals surface area contributed by atoms with E-state index in [4.69, 9.17) is 23.8 Å². The highest BCUT2D eigenvalue weighted by Crippen LogP contribution is 2.20. The van der Waals surface area contributed by atoms with E-state index in [1.54, 1.807) is 0 Å². The molecule has 4 heteroatoms. The summed E-state index contributed by atoms with van der Waals surface area (Å²) in [5.74, 6) is 0.582. The fourth-order valence-electron chi connectivity index (χ4n) is 1.96. The van der Waals surface area contributed by atoms with Crippen molar-refractivity contribution in [3.63, 3.8) is 0 Å². The van der Waals surface area contributed by atoms with Crippen LogP contribution in [0.15, 0.2) is 48.5 Å². The molecule has 0 aliphatic carbocycles. The number of hydrogen-bond acceptors (Lipinski definition) is 1. The molecule has 0 aliphatic rings. The number of rotatable bonds is 4. The van der Waals surface area contributed by atoms with Crippen molar-refractivity contribution in [2.24, 2.45) is 0 Å². The third-order valence-electron chi connectivity index (χ3n) is 3.45. The lowest BCUT2D eigenvalue weighted by molar-refractivity contribution is 0.734. The van der Waals surface area contributed by atoms with Gasteiger partial charge in [-0.1, -0.05) is 37.6 Å². The van der Waals surface area contributed by atoms with Gasteiger partial charge in [0.05, 0.1) is 0 Å². The quantitative estimate of drug-likeness (QED) is 0.711. The van der Waals surface area contributed by atoms with E-state index in [9.17, 15) is 0 Å². The Labute approximate surface area is 136 Å². The van der Waals surface area contributed by atoms with Crippen LogP contribution in [0.5, 0.6) is 0 Å². The summed E-state index contributed by atoms with van der Waals surface area (Å²) in [6.45, 7) is 4.43. The molecule has 21 heavy (non-hydrogen) atoms. The summed E-state index contributed by atoms with van der Waals surface area (Å²) < 4.78 is 0. The Balaban J connectivity index is 1.94. The molecule has 110 valence electrons. The van der Waals surface area contributed by atoms with Crippen LogP contribution in [0.25, 0.3) is 0 Å². The standard InChI is InChI=1S/C17H19ClN2S/c1-3-12(2)13-4-8-15(9-5-13)19-17(21)20-16-10-6-14(18)7-11-16/h4-12H,3H2,1-2H3,(H2,19,20,21)/t12-/m0/s1. The van der Waals surface area contributed by atoms with Gasteiger partial charge in [0.1, 0.15) is 0 Å². The lowest BCUT2D eigenvalue weighted by atomic mass is 9.99. The van der Waals surface area contributed by atoms with Crippen LogP contribution in [0.1, 0.15) is 31.7 Å². The minimum Gasteiger partial charge on any atom is -0.332 e.